The van der Waals surface area contributed by atoms with Gasteiger partial charge < -0.3 is 9.80 Å². The minimum atomic E-state index is -4.11. The zero-order valence-electron chi connectivity index (χ0n) is 24.1. The van der Waals surface area contributed by atoms with Crippen molar-refractivity contribution in [1.82, 2.24) is 4.90 Å². The predicted molar refractivity (Wildman–Crippen MR) is 149 cm³/mol. The maximum atomic E-state index is 12.5. The number of piperidine rings is 1. The number of hydrogen-bond donors (Lipinski definition) is 0. The number of rotatable bonds is 7. The van der Waals surface area contributed by atoms with Crippen LogP contribution < -0.4 is 4.90 Å². The van der Waals surface area contributed by atoms with Gasteiger partial charge in [-0.3, -0.25) is 9.18 Å². The number of alkyl halides is 4. The summed E-state index contributed by atoms with van der Waals surface area (Å²) >= 11 is 0. The van der Waals surface area contributed by atoms with Crippen LogP contribution in [0.15, 0.2) is 54.4 Å². The molecule has 1 amide bonds. The Morgan fingerprint density at radius 1 is 1.08 bits per heavy atom. The largest absolute Gasteiger partial charge is 0.390 e. The molecule has 1 heterocycles. The summed E-state index contributed by atoms with van der Waals surface area (Å²) in [6.45, 7) is 13.3. The van der Waals surface area contributed by atoms with Crippen LogP contribution in [0.25, 0.3) is 0 Å². The van der Waals surface area contributed by atoms with Crippen LogP contribution in [0.3, 0.4) is 0 Å². The monoisotopic (exact) mass is 544 g/mol. The van der Waals surface area contributed by atoms with E-state index in [-0.39, 0.29) is 23.2 Å². The smallest absolute Gasteiger partial charge is 0.318 e. The highest BCUT2D eigenvalue weighted by atomic mass is 19.4. The number of halogens is 5. The van der Waals surface area contributed by atoms with Crippen LogP contribution in [0.5, 0.6) is 0 Å². The zero-order valence-corrected chi connectivity index (χ0v) is 24.1. The van der Waals surface area contributed by atoms with E-state index in [4.69, 9.17) is 0 Å². The Kier molecular flexibility index (Phi) is 15.4. The Morgan fingerprint density at radius 3 is 2.11 bits per heavy atom. The van der Waals surface area contributed by atoms with Crippen molar-refractivity contribution >= 4 is 12.1 Å². The third kappa shape index (κ3) is 12.9. The van der Waals surface area contributed by atoms with Crippen LogP contribution in [0.4, 0.5) is 27.6 Å². The van der Waals surface area contributed by atoms with Crippen LogP contribution in [-0.4, -0.2) is 51.3 Å². The van der Waals surface area contributed by atoms with Gasteiger partial charge in [-0.1, -0.05) is 64.1 Å². The van der Waals surface area contributed by atoms with E-state index in [1.54, 1.807) is 24.1 Å². The molecule has 38 heavy (non-hydrogen) atoms. The molecule has 1 fully saturated rings. The first-order chi connectivity index (χ1) is 17.6. The third-order valence-corrected chi connectivity index (χ3v) is 6.46. The lowest BCUT2D eigenvalue weighted by molar-refractivity contribution is -0.138. The molecule has 3 nitrogen and oxygen atoms in total. The van der Waals surface area contributed by atoms with E-state index in [0.717, 1.165) is 30.5 Å². The topological polar surface area (TPSA) is 23.6 Å². The molecule has 1 aliphatic heterocycles. The van der Waals surface area contributed by atoms with Crippen LogP contribution in [0, 0.1) is 0 Å². The first-order valence-electron chi connectivity index (χ1n) is 12.7. The van der Waals surface area contributed by atoms with Gasteiger partial charge in [-0.05, 0) is 73.9 Å². The quantitative estimate of drug-likeness (QED) is 0.195. The molecule has 0 aromatic heterocycles. The van der Waals surface area contributed by atoms with Gasteiger partial charge in [0.25, 0.3) is 0 Å². The number of likely N-dealkylation sites (tertiary alicyclic amines) is 1. The van der Waals surface area contributed by atoms with Crippen molar-refractivity contribution in [2.75, 3.05) is 38.8 Å². The molecule has 216 valence electrons. The van der Waals surface area contributed by atoms with E-state index in [1.807, 2.05) is 30.0 Å². The Hall–Kier alpha value is -2.48. The SMILES string of the molecule is C/C=C/C=C\C=C(/C)F.CF.CN(C=O)c1ccc(C(C)(C)C)cc1C1(C)CCN(CCC(F)(F)F)CC1. The molecule has 0 unspecified atom stereocenters. The molecule has 0 aliphatic carbocycles. The number of amides is 1. The summed E-state index contributed by atoms with van der Waals surface area (Å²) in [5, 5.41) is 0. The van der Waals surface area contributed by atoms with Gasteiger partial charge in [0.05, 0.1) is 19.4 Å². The Balaban J connectivity index is 0.00000105. The maximum absolute atomic E-state index is 12.5. The summed E-state index contributed by atoms with van der Waals surface area (Å²) in [4.78, 5) is 14.9. The van der Waals surface area contributed by atoms with Gasteiger partial charge in [-0.2, -0.15) is 13.2 Å². The highest BCUT2D eigenvalue weighted by Crippen LogP contribution is 2.42. The van der Waals surface area contributed by atoms with Crippen molar-refractivity contribution in [1.29, 1.82) is 0 Å². The van der Waals surface area contributed by atoms with Gasteiger partial charge in [0.15, 0.2) is 0 Å². The van der Waals surface area contributed by atoms with Gasteiger partial charge in [0, 0.05) is 19.3 Å². The van der Waals surface area contributed by atoms with Gasteiger partial charge in [-0.15, -0.1) is 0 Å². The summed E-state index contributed by atoms with van der Waals surface area (Å²) in [6, 6.07) is 6.23. The molecule has 0 N–H and O–H groups in total. The molecular formula is C30H45F5N2O. The maximum Gasteiger partial charge on any atom is 0.390 e. The first kappa shape index (κ1) is 35.5. The van der Waals surface area contributed by atoms with Crippen LogP contribution in [0.2, 0.25) is 0 Å². The van der Waals surface area contributed by atoms with Crippen LogP contribution >= 0.6 is 0 Å². The van der Waals surface area contributed by atoms with Crippen LogP contribution in [-0.2, 0) is 15.6 Å². The average Bonchev–Trinajstić information content (AvgIpc) is 2.86. The third-order valence-electron chi connectivity index (χ3n) is 6.46. The molecule has 1 saturated heterocycles. The second-order valence-corrected chi connectivity index (χ2v) is 10.6. The Morgan fingerprint density at radius 2 is 1.66 bits per heavy atom. The molecule has 1 aromatic rings. The highest BCUT2D eigenvalue weighted by Gasteiger charge is 2.36. The zero-order chi connectivity index (χ0) is 29.6. The lowest BCUT2D eigenvalue weighted by atomic mass is 9.72. The molecule has 0 radical (unpaired) electrons. The van der Waals surface area contributed by atoms with Gasteiger partial charge >= 0.3 is 6.18 Å². The second-order valence-electron chi connectivity index (χ2n) is 10.6. The molecule has 1 aromatic carbocycles. The van der Waals surface area contributed by atoms with Gasteiger partial charge in [0.1, 0.15) is 0 Å². The Bertz CT molecular complexity index is 918. The molecule has 0 spiro atoms. The van der Waals surface area contributed by atoms with Crippen molar-refractivity contribution in [3.05, 3.63) is 65.5 Å². The number of nitrogens with zero attached hydrogens (tertiary/aromatic N) is 2. The van der Waals surface area contributed by atoms with Crippen molar-refractivity contribution in [3.63, 3.8) is 0 Å². The van der Waals surface area contributed by atoms with Crippen molar-refractivity contribution in [2.45, 2.75) is 77.8 Å². The fourth-order valence-electron chi connectivity index (χ4n) is 4.04. The second kappa shape index (κ2) is 16.5. The number of allylic oxidation sites excluding steroid dienone is 6. The molecule has 0 atom stereocenters. The summed E-state index contributed by atoms with van der Waals surface area (Å²) in [7, 11) is 2.24. The molecule has 2 rings (SSSR count). The van der Waals surface area contributed by atoms with E-state index >= 15 is 0 Å². The fraction of sp³-hybridized carbons (Fsp3) is 0.567. The molecule has 0 saturated carbocycles. The van der Waals surface area contributed by atoms with E-state index in [1.165, 1.54) is 18.6 Å². The predicted octanol–water partition coefficient (Wildman–Crippen LogP) is 8.46. The van der Waals surface area contributed by atoms with Gasteiger partial charge in [-0.25, -0.2) is 4.39 Å². The van der Waals surface area contributed by atoms with E-state index in [0.29, 0.717) is 20.3 Å². The molecule has 1 aliphatic rings. The van der Waals surface area contributed by atoms with E-state index in [2.05, 4.69) is 39.8 Å². The lowest BCUT2D eigenvalue weighted by Crippen LogP contribution is -2.42. The van der Waals surface area contributed by atoms with Gasteiger partial charge in [0.2, 0.25) is 6.41 Å². The van der Waals surface area contributed by atoms with Crippen molar-refractivity contribution in [2.24, 2.45) is 0 Å². The first-order valence-corrected chi connectivity index (χ1v) is 12.7. The average molecular weight is 545 g/mol. The summed E-state index contributed by atoms with van der Waals surface area (Å²) in [5.41, 5.74) is 3.00. The standard InChI is InChI=1S/C21H31F3N2O.C8H11F.CH3F/c1-19(2,3)16-6-7-18(25(5)15-27)17(14-16)20(4)8-11-26(12-9-20)13-10-21(22,23)24;1-3-4-5-6-7-8(2)9;1-2/h6-7,14-15H,8-13H2,1-5H3;3-7H,1-2H3;1H3/b;4-3+,6-5-,8-7+;. The number of anilines is 1. The van der Waals surface area contributed by atoms with Crippen LogP contribution in [0.1, 0.15) is 71.9 Å². The summed E-state index contributed by atoms with van der Waals surface area (Å²) in [5.74, 6) is -0.171. The fourth-order valence-corrected chi connectivity index (χ4v) is 4.04. The molecular weight excluding hydrogens is 499 g/mol. The minimum absolute atomic E-state index is 0.0171. The number of carbonyl (C=O) groups excluding carboxylic acids is 1. The van der Waals surface area contributed by atoms with Crippen molar-refractivity contribution < 1.29 is 26.7 Å². The normalized spacial score (nSPS) is 16.5. The lowest BCUT2D eigenvalue weighted by Gasteiger charge is -2.42. The number of carbonyl (C=O) groups is 1. The summed E-state index contributed by atoms with van der Waals surface area (Å²) < 4.78 is 58.9. The Labute approximate surface area is 226 Å². The minimum Gasteiger partial charge on any atom is -0.318 e. The summed E-state index contributed by atoms with van der Waals surface area (Å²) in [6.07, 6.45) is 6.08. The number of hydrogen-bond acceptors (Lipinski definition) is 2. The van der Waals surface area contributed by atoms with Crippen molar-refractivity contribution in [3.8, 4) is 0 Å². The molecule has 8 heteroatoms. The van der Waals surface area contributed by atoms with E-state index < -0.39 is 12.6 Å². The van der Waals surface area contributed by atoms with E-state index in [9.17, 15) is 26.7 Å². The molecule has 0 bridgehead atoms. The number of benzene rings is 1. The highest BCUT2D eigenvalue weighted by molar-refractivity contribution is 5.77.